The van der Waals surface area contributed by atoms with Crippen molar-refractivity contribution in [3.05, 3.63) is 0 Å². The minimum Gasteiger partial charge on any atom is -0.465 e. The van der Waals surface area contributed by atoms with Gasteiger partial charge in [-0.2, -0.15) is 5.26 Å². The van der Waals surface area contributed by atoms with Crippen LogP contribution in [0.25, 0.3) is 0 Å². The molecular formula is C11H19NO2S. The summed E-state index contributed by atoms with van der Waals surface area (Å²) >= 11 is 0.924. The molecule has 0 spiro atoms. The Morgan fingerprint density at radius 2 is 2.27 bits per heavy atom. The van der Waals surface area contributed by atoms with Crippen molar-refractivity contribution in [3.63, 3.8) is 0 Å². The van der Waals surface area contributed by atoms with E-state index in [-0.39, 0.29) is 11.7 Å². The van der Waals surface area contributed by atoms with Gasteiger partial charge in [0, 0.05) is 0 Å². The van der Waals surface area contributed by atoms with Crippen LogP contribution in [0.1, 0.15) is 39.5 Å². The minimum absolute atomic E-state index is 0.140. The second kappa shape index (κ2) is 9.85. The van der Waals surface area contributed by atoms with E-state index in [0.29, 0.717) is 12.5 Å². The summed E-state index contributed by atoms with van der Waals surface area (Å²) in [6.45, 7) is 4.77. The third-order valence-electron chi connectivity index (χ3n) is 2.28. The van der Waals surface area contributed by atoms with Crippen molar-refractivity contribution >= 4 is 17.7 Å². The van der Waals surface area contributed by atoms with Crippen molar-refractivity contribution in [2.24, 2.45) is 5.92 Å². The molecule has 3 nitrogen and oxygen atoms in total. The molecule has 86 valence electrons. The number of nitriles is 1. The van der Waals surface area contributed by atoms with Crippen LogP contribution in [-0.4, -0.2) is 18.3 Å². The van der Waals surface area contributed by atoms with Crippen LogP contribution >= 0.6 is 11.8 Å². The Bertz CT molecular complexity index is 213. The van der Waals surface area contributed by atoms with E-state index in [1.807, 2.05) is 5.40 Å². The van der Waals surface area contributed by atoms with Gasteiger partial charge in [-0.25, -0.2) is 0 Å². The number of carbonyl (C=O) groups is 1. The monoisotopic (exact) mass is 229 g/mol. The molecular weight excluding hydrogens is 210 g/mol. The topological polar surface area (TPSA) is 50.1 Å². The summed E-state index contributed by atoms with van der Waals surface area (Å²) in [6, 6.07) is 0. The molecule has 0 amide bonds. The quantitative estimate of drug-likeness (QED) is 0.474. The number of hydrogen-bond acceptors (Lipinski definition) is 4. The Morgan fingerprint density at radius 1 is 1.53 bits per heavy atom. The van der Waals surface area contributed by atoms with Crippen LogP contribution in [-0.2, 0) is 9.53 Å². The largest absolute Gasteiger partial charge is 0.465 e. The molecule has 0 aliphatic rings. The molecule has 0 unspecified atom stereocenters. The number of esters is 1. The molecule has 0 saturated heterocycles. The minimum atomic E-state index is -0.281. The highest BCUT2D eigenvalue weighted by atomic mass is 32.2. The predicted molar refractivity (Wildman–Crippen MR) is 62.3 cm³/mol. The number of nitrogens with zero attached hydrogens (tertiary/aromatic N) is 1. The number of thiocyanates is 1. The molecule has 0 saturated carbocycles. The fourth-order valence-corrected chi connectivity index (χ4v) is 1.51. The van der Waals surface area contributed by atoms with Crippen molar-refractivity contribution in [2.75, 3.05) is 12.4 Å². The Hall–Kier alpha value is -0.690. The van der Waals surface area contributed by atoms with Gasteiger partial charge in [0.15, 0.2) is 0 Å². The molecule has 15 heavy (non-hydrogen) atoms. The van der Waals surface area contributed by atoms with Crippen LogP contribution < -0.4 is 0 Å². The zero-order valence-electron chi connectivity index (χ0n) is 9.49. The molecule has 0 aliphatic carbocycles. The maximum atomic E-state index is 11.1. The highest BCUT2D eigenvalue weighted by Gasteiger charge is 2.09. The van der Waals surface area contributed by atoms with Crippen LogP contribution in [0.15, 0.2) is 0 Å². The first-order chi connectivity index (χ1) is 7.24. The van der Waals surface area contributed by atoms with Crippen molar-refractivity contribution in [1.82, 2.24) is 0 Å². The van der Waals surface area contributed by atoms with E-state index in [2.05, 4.69) is 13.8 Å². The Labute approximate surface area is 96.2 Å². The number of hydrogen-bond donors (Lipinski definition) is 0. The van der Waals surface area contributed by atoms with Gasteiger partial charge in [-0.3, -0.25) is 4.79 Å². The molecule has 1 atom stereocenters. The summed E-state index contributed by atoms with van der Waals surface area (Å²) in [6.07, 6.45) is 4.52. The lowest BCUT2D eigenvalue weighted by molar-refractivity contribution is -0.141. The van der Waals surface area contributed by atoms with Gasteiger partial charge < -0.3 is 4.74 Å². The van der Waals surface area contributed by atoms with E-state index in [4.69, 9.17) is 10.00 Å². The van der Waals surface area contributed by atoms with Gasteiger partial charge in [0.2, 0.25) is 0 Å². The SMILES string of the molecule is CCCC[C@H](CC)COC(=O)CSC#N. The molecule has 0 fully saturated rings. The molecule has 0 aliphatic heterocycles. The maximum Gasteiger partial charge on any atom is 0.316 e. The zero-order valence-corrected chi connectivity index (χ0v) is 10.3. The molecule has 0 N–H and O–H groups in total. The number of rotatable bonds is 8. The lowest BCUT2D eigenvalue weighted by Crippen LogP contribution is -2.15. The van der Waals surface area contributed by atoms with E-state index in [1.165, 1.54) is 12.8 Å². The average molecular weight is 229 g/mol. The molecule has 0 rings (SSSR count). The summed E-state index contributed by atoms with van der Waals surface area (Å²) in [4.78, 5) is 11.1. The van der Waals surface area contributed by atoms with Gasteiger partial charge in [-0.05, 0) is 24.1 Å². The summed E-state index contributed by atoms with van der Waals surface area (Å²) in [5.41, 5.74) is 0. The van der Waals surface area contributed by atoms with Crippen LogP contribution in [0.2, 0.25) is 0 Å². The fraction of sp³-hybridized carbons (Fsp3) is 0.818. The van der Waals surface area contributed by atoms with Gasteiger partial charge >= 0.3 is 5.97 Å². The molecule has 0 heterocycles. The van der Waals surface area contributed by atoms with E-state index >= 15 is 0 Å². The Balaban J connectivity index is 3.61. The average Bonchev–Trinajstić information content (AvgIpc) is 2.26. The Morgan fingerprint density at radius 3 is 2.80 bits per heavy atom. The first kappa shape index (κ1) is 14.3. The highest BCUT2D eigenvalue weighted by Crippen LogP contribution is 2.13. The summed E-state index contributed by atoms with van der Waals surface area (Å²) < 4.78 is 5.08. The molecule has 0 aromatic rings. The standard InChI is InChI=1S/C11H19NO2S/c1-3-5-6-10(4-2)7-14-11(13)8-15-9-12/h10H,3-8H2,1-2H3/t10-/m0/s1. The van der Waals surface area contributed by atoms with Gasteiger partial charge in [0.1, 0.15) is 11.2 Å². The third-order valence-corrected chi connectivity index (χ3v) is 2.79. The molecule has 0 aromatic heterocycles. The number of thioether (sulfide) groups is 1. The number of unbranched alkanes of at least 4 members (excludes halogenated alkanes) is 1. The number of carbonyl (C=O) groups excluding carboxylic acids is 1. The fourth-order valence-electron chi connectivity index (χ4n) is 1.24. The zero-order chi connectivity index (χ0) is 11.5. The lowest BCUT2D eigenvalue weighted by Gasteiger charge is -2.13. The van der Waals surface area contributed by atoms with Gasteiger partial charge in [0.05, 0.1) is 6.61 Å². The smallest absolute Gasteiger partial charge is 0.316 e. The predicted octanol–water partition coefficient (Wildman–Crippen LogP) is 2.96. The van der Waals surface area contributed by atoms with E-state index in [9.17, 15) is 4.79 Å². The summed E-state index contributed by atoms with van der Waals surface area (Å²) in [7, 11) is 0. The van der Waals surface area contributed by atoms with Crippen molar-refractivity contribution < 1.29 is 9.53 Å². The van der Waals surface area contributed by atoms with Crippen molar-refractivity contribution in [2.45, 2.75) is 39.5 Å². The summed E-state index contributed by atoms with van der Waals surface area (Å²) in [5, 5.41) is 10.1. The highest BCUT2D eigenvalue weighted by molar-refractivity contribution is 8.04. The maximum absolute atomic E-state index is 11.1. The van der Waals surface area contributed by atoms with Gasteiger partial charge in [-0.15, -0.1) is 0 Å². The van der Waals surface area contributed by atoms with E-state index < -0.39 is 0 Å². The lowest BCUT2D eigenvalue weighted by atomic mass is 10.0. The molecule has 4 heteroatoms. The second-order valence-electron chi connectivity index (χ2n) is 3.48. The van der Waals surface area contributed by atoms with Crippen molar-refractivity contribution in [1.29, 1.82) is 5.26 Å². The van der Waals surface area contributed by atoms with Crippen LogP contribution in [0.4, 0.5) is 0 Å². The van der Waals surface area contributed by atoms with Crippen LogP contribution in [0, 0.1) is 16.6 Å². The van der Waals surface area contributed by atoms with Gasteiger partial charge in [-0.1, -0.05) is 33.1 Å². The van der Waals surface area contributed by atoms with Crippen LogP contribution in [0.5, 0.6) is 0 Å². The first-order valence-corrected chi connectivity index (χ1v) is 6.39. The van der Waals surface area contributed by atoms with E-state index in [0.717, 1.165) is 24.6 Å². The first-order valence-electron chi connectivity index (χ1n) is 5.41. The Kier molecular flexibility index (Phi) is 9.40. The number of ether oxygens (including phenoxy) is 1. The van der Waals surface area contributed by atoms with Crippen LogP contribution in [0.3, 0.4) is 0 Å². The second-order valence-corrected chi connectivity index (χ2v) is 4.24. The van der Waals surface area contributed by atoms with E-state index in [1.54, 1.807) is 0 Å². The normalized spacial score (nSPS) is 11.8. The van der Waals surface area contributed by atoms with Crippen molar-refractivity contribution in [3.8, 4) is 5.40 Å². The molecule has 0 aromatic carbocycles. The summed E-state index contributed by atoms with van der Waals surface area (Å²) in [5.74, 6) is 0.332. The molecule has 0 radical (unpaired) electrons. The third kappa shape index (κ3) is 8.31. The molecule has 0 bridgehead atoms. The van der Waals surface area contributed by atoms with Gasteiger partial charge in [0.25, 0.3) is 0 Å².